The Kier molecular flexibility index (Phi) is 4.57. The topological polar surface area (TPSA) is 52.3 Å². The second kappa shape index (κ2) is 6.79. The van der Waals surface area contributed by atoms with Gasteiger partial charge >= 0.3 is 5.63 Å². The lowest BCUT2D eigenvalue weighted by Crippen LogP contribution is -2.02. The van der Waals surface area contributed by atoms with E-state index in [1.165, 1.54) is 0 Å². The van der Waals surface area contributed by atoms with E-state index in [0.717, 1.165) is 15.8 Å². The number of nitrogens with zero attached hydrogens (tertiary/aromatic N) is 1. The van der Waals surface area contributed by atoms with Crippen LogP contribution in [0.3, 0.4) is 0 Å². The van der Waals surface area contributed by atoms with Crippen LogP contribution < -0.4 is 10.4 Å². The molecule has 116 valence electrons. The Morgan fingerprint density at radius 1 is 1.22 bits per heavy atom. The third kappa shape index (κ3) is 3.51. The number of ether oxygens (including phenoxy) is 1. The zero-order valence-corrected chi connectivity index (χ0v) is 14.0. The largest absolute Gasteiger partial charge is 0.493 e. The van der Waals surface area contributed by atoms with Crippen molar-refractivity contribution in [3.8, 4) is 5.75 Å². The highest BCUT2D eigenvalue weighted by molar-refractivity contribution is 9.10. The molecule has 3 rings (SSSR count). The molecule has 0 saturated carbocycles. The van der Waals surface area contributed by atoms with Crippen molar-refractivity contribution in [1.82, 2.24) is 4.98 Å². The zero-order chi connectivity index (χ0) is 16.2. The Bertz CT molecular complexity index is 931. The predicted molar refractivity (Wildman–Crippen MR) is 94.5 cm³/mol. The highest BCUT2D eigenvalue weighted by Gasteiger charge is 2.05. The van der Waals surface area contributed by atoms with Crippen LogP contribution in [-0.4, -0.2) is 11.6 Å². The lowest BCUT2D eigenvalue weighted by atomic mass is 10.2. The van der Waals surface area contributed by atoms with Gasteiger partial charge in [0.25, 0.3) is 0 Å². The summed E-state index contributed by atoms with van der Waals surface area (Å²) in [6.07, 6.45) is 3.48. The van der Waals surface area contributed by atoms with Crippen LogP contribution in [0.15, 0.2) is 56.1 Å². The number of benzene rings is 2. The van der Waals surface area contributed by atoms with Crippen LogP contribution in [0, 0.1) is 0 Å². The summed E-state index contributed by atoms with van der Waals surface area (Å²) in [7, 11) is 0. The van der Waals surface area contributed by atoms with Crippen LogP contribution in [-0.2, 0) is 0 Å². The lowest BCUT2D eigenvalue weighted by molar-refractivity contribution is 0.339. The fraction of sp³-hybridized carbons (Fsp3) is 0.111. The van der Waals surface area contributed by atoms with Gasteiger partial charge in [0, 0.05) is 16.1 Å². The van der Waals surface area contributed by atoms with Gasteiger partial charge in [-0.05, 0) is 43.3 Å². The van der Waals surface area contributed by atoms with Crippen LogP contribution in [0.25, 0.3) is 23.1 Å². The van der Waals surface area contributed by atoms with Gasteiger partial charge in [-0.2, -0.15) is 0 Å². The first-order valence-corrected chi connectivity index (χ1v) is 7.97. The van der Waals surface area contributed by atoms with E-state index in [1.54, 1.807) is 24.3 Å². The third-order valence-corrected chi connectivity index (χ3v) is 3.72. The van der Waals surface area contributed by atoms with E-state index in [4.69, 9.17) is 9.15 Å². The molecule has 0 aliphatic carbocycles. The summed E-state index contributed by atoms with van der Waals surface area (Å²) in [5.74, 6) is 1.02. The average Bonchev–Trinajstić information content (AvgIpc) is 2.55. The van der Waals surface area contributed by atoms with E-state index in [-0.39, 0.29) is 5.89 Å². The van der Waals surface area contributed by atoms with Crippen LogP contribution in [0.4, 0.5) is 0 Å². The van der Waals surface area contributed by atoms with Gasteiger partial charge in [-0.25, -0.2) is 9.78 Å². The second-order valence-corrected chi connectivity index (χ2v) is 5.72. The zero-order valence-electron chi connectivity index (χ0n) is 12.5. The maximum absolute atomic E-state index is 12.0. The summed E-state index contributed by atoms with van der Waals surface area (Å²) in [6.45, 7) is 2.51. The Labute approximate surface area is 141 Å². The standard InChI is InChI=1S/C18H14BrNO3/c1-2-22-16-9-8-13(19)11-12(16)7-10-17-20-15-6-4-3-5-14(15)18(21)23-17/h3-11H,2H2,1H3. The molecule has 4 nitrogen and oxygen atoms in total. The van der Waals surface area contributed by atoms with E-state index in [0.29, 0.717) is 17.5 Å². The highest BCUT2D eigenvalue weighted by Crippen LogP contribution is 2.25. The Balaban J connectivity index is 2.00. The van der Waals surface area contributed by atoms with Crippen molar-refractivity contribution in [3.05, 3.63) is 68.8 Å². The molecule has 0 radical (unpaired) electrons. The minimum Gasteiger partial charge on any atom is -0.493 e. The molecule has 0 unspecified atom stereocenters. The summed E-state index contributed by atoms with van der Waals surface area (Å²) in [5, 5.41) is 0.474. The van der Waals surface area contributed by atoms with E-state index < -0.39 is 5.63 Å². The van der Waals surface area contributed by atoms with Gasteiger partial charge in [0.05, 0.1) is 17.5 Å². The number of rotatable bonds is 4. The third-order valence-electron chi connectivity index (χ3n) is 3.23. The average molecular weight is 372 g/mol. The first kappa shape index (κ1) is 15.5. The Hall–Kier alpha value is -2.40. The Morgan fingerprint density at radius 3 is 2.87 bits per heavy atom. The second-order valence-electron chi connectivity index (χ2n) is 4.81. The van der Waals surface area contributed by atoms with E-state index in [9.17, 15) is 4.79 Å². The maximum atomic E-state index is 12.0. The van der Waals surface area contributed by atoms with Gasteiger partial charge in [0.2, 0.25) is 5.89 Å². The van der Waals surface area contributed by atoms with Gasteiger partial charge in [0.1, 0.15) is 5.75 Å². The minimum absolute atomic E-state index is 0.260. The molecule has 2 aromatic carbocycles. The fourth-order valence-corrected chi connectivity index (χ4v) is 2.58. The first-order chi connectivity index (χ1) is 11.2. The molecule has 3 aromatic rings. The molecular formula is C18H14BrNO3. The number of hydrogen-bond donors (Lipinski definition) is 0. The minimum atomic E-state index is -0.394. The van der Waals surface area contributed by atoms with Crippen LogP contribution in [0.1, 0.15) is 18.4 Å². The van der Waals surface area contributed by atoms with E-state index in [2.05, 4.69) is 20.9 Å². The molecule has 0 spiro atoms. The molecule has 1 aromatic heterocycles. The normalized spacial score (nSPS) is 11.2. The molecule has 5 heteroatoms. The molecule has 0 saturated heterocycles. The molecule has 0 fully saturated rings. The van der Waals surface area contributed by atoms with Crippen molar-refractivity contribution in [1.29, 1.82) is 0 Å². The van der Waals surface area contributed by atoms with Crippen molar-refractivity contribution < 1.29 is 9.15 Å². The number of hydrogen-bond acceptors (Lipinski definition) is 4. The van der Waals surface area contributed by atoms with E-state index in [1.807, 2.05) is 37.3 Å². The summed E-state index contributed by atoms with van der Waals surface area (Å²) in [6, 6.07) is 12.8. The smallest absolute Gasteiger partial charge is 0.347 e. The number of para-hydroxylation sites is 1. The van der Waals surface area contributed by atoms with Gasteiger partial charge in [0.15, 0.2) is 0 Å². The van der Waals surface area contributed by atoms with Crippen molar-refractivity contribution >= 4 is 39.0 Å². The van der Waals surface area contributed by atoms with Crippen molar-refractivity contribution in [2.24, 2.45) is 0 Å². The van der Waals surface area contributed by atoms with Crippen LogP contribution >= 0.6 is 15.9 Å². The molecule has 23 heavy (non-hydrogen) atoms. The van der Waals surface area contributed by atoms with Gasteiger partial charge < -0.3 is 9.15 Å². The van der Waals surface area contributed by atoms with Gasteiger partial charge in [-0.1, -0.05) is 28.1 Å². The summed E-state index contributed by atoms with van der Waals surface area (Å²) in [5.41, 5.74) is 1.09. The van der Waals surface area contributed by atoms with Crippen LogP contribution in [0.2, 0.25) is 0 Å². The maximum Gasteiger partial charge on any atom is 0.347 e. The molecule has 0 aliphatic rings. The highest BCUT2D eigenvalue weighted by atomic mass is 79.9. The van der Waals surface area contributed by atoms with Crippen molar-refractivity contribution in [2.75, 3.05) is 6.61 Å². The number of aromatic nitrogens is 1. The number of halogens is 1. The van der Waals surface area contributed by atoms with E-state index >= 15 is 0 Å². The monoisotopic (exact) mass is 371 g/mol. The van der Waals surface area contributed by atoms with Crippen molar-refractivity contribution in [3.63, 3.8) is 0 Å². The van der Waals surface area contributed by atoms with Crippen molar-refractivity contribution in [2.45, 2.75) is 6.92 Å². The summed E-state index contributed by atoms with van der Waals surface area (Å²) < 4.78 is 11.8. The van der Waals surface area contributed by atoms with Gasteiger partial charge in [-0.15, -0.1) is 0 Å². The fourth-order valence-electron chi connectivity index (χ4n) is 2.20. The molecule has 0 N–H and O–H groups in total. The quantitative estimate of drug-likeness (QED) is 0.676. The lowest BCUT2D eigenvalue weighted by Gasteiger charge is -2.07. The summed E-state index contributed by atoms with van der Waals surface area (Å²) in [4.78, 5) is 16.3. The molecule has 0 bridgehead atoms. The van der Waals surface area contributed by atoms with Gasteiger partial charge in [-0.3, -0.25) is 0 Å². The molecular weight excluding hydrogens is 358 g/mol. The molecule has 0 atom stereocenters. The molecule has 0 amide bonds. The molecule has 1 heterocycles. The van der Waals surface area contributed by atoms with Crippen LogP contribution in [0.5, 0.6) is 5.75 Å². The number of fused-ring (bicyclic) bond motifs is 1. The summed E-state index contributed by atoms with van der Waals surface area (Å²) >= 11 is 3.44. The first-order valence-electron chi connectivity index (χ1n) is 7.17. The SMILES string of the molecule is CCOc1ccc(Br)cc1C=Cc1nc2ccccc2c(=O)o1. The Morgan fingerprint density at radius 2 is 2.04 bits per heavy atom. The molecule has 0 aliphatic heterocycles. The predicted octanol–water partition coefficient (Wildman–Crippen LogP) is 4.52.